The number of benzene rings is 1. The second-order valence-electron chi connectivity index (χ2n) is 3.44. The highest BCUT2D eigenvalue weighted by Crippen LogP contribution is 2.27. The van der Waals surface area contributed by atoms with Crippen LogP contribution >= 0.6 is 0 Å². The first-order chi connectivity index (χ1) is 8.70. The molecule has 0 saturated heterocycles. The summed E-state index contributed by atoms with van der Waals surface area (Å²) in [6.45, 7) is 6.08. The number of carbonyl (C=O) groups is 1. The molecule has 2 rings (SSSR count). The van der Waals surface area contributed by atoms with Crippen LogP contribution in [-0.2, 0) is 0 Å². The van der Waals surface area contributed by atoms with Crippen molar-refractivity contribution in [2.45, 2.75) is 6.92 Å². The van der Waals surface area contributed by atoms with Crippen LogP contribution in [0.15, 0.2) is 51.8 Å². The highest BCUT2D eigenvalue weighted by molar-refractivity contribution is 6.09. The Kier molecular flexibility index (Phi) is 3.47. The predicted octanol–water partition coefficient (Wildman–Crippen LogP) is 2.80. The number of amidine groups is 1. The number of hydrogen-bond donors (Lipinski definition) is 1. The number of azo groups is 1. The molecule has 1 aromatic rings. The molecule has 0 saturated carbocycles. The van der Waals surface area contributed by atoms with Crippen LogP contribution in [0.4, 0.5) is 10.5 Å². The average molecular weight is 244 g/mol. The predicted molar refractivity (Wildman–Crippen MR) is 67.2 cm³/mol. The molecule has 0 unspecified atom stereocenters. The van der Waals surface area contributed by atoms with Gasteiger partial charge in [-0.1, -0.05) is 23.8 Å². The number of carbonyl (C=O) groups excluding carboxylic acids is 1. The lowest BCUT2D eigenvalue weighted by molar-refractivity contribution is 0.251. The lowest BCUT2D eigenvalue weighted by Gasteiger charge is -2.11. The van der Waals surface area contributed by atoms with Gasteiger partial charge in [-0.25, -0.2) is 9.79 Å². The molecule has 0 fully saturated rings. The van der Waals surface area contributed by atoms with E-state index in [-0.39, 0.29) is 5.84 Å². The molecule has 1 aromatic carbocycles. The van der Waals surface area contributed by atoms with E-state index in [1.165, 1.54) is 0 Å². The number of hydrogen-bond acceptors (Lipinski definition) is 4. The van der Waals surface area contributed by atoms with Gasteiger partial charge in [-0.05, 0) is 19.1 Å². The van der Waals surface area contributed by atoms with Crippen LogP contribution in [0.5, 0.6) is 5.75 Å². The van der Waals surface area contributed by atoms with Crippen molar-refractivity contribution in [2.75, 3.05) is 6.61 Å². The number of nitrogens with one attached hydrogen (secondary N) is 1. The summed E-state index contributed by atoms with van der Waals surface area (Å²) in [5.74, 6) is 0.916. The second-order valence-corrected chi connectivity index (χ2v) is 3.44. The molecule has 18 heavy (non-hydrogen) atoms. The molecule has 1 N–H and O–H groups in total. The van der Waals surface area contributed by atoms with Gasteiger partial charge < -0.3 is 4.74 Å². The van der Waals surface area contributed by atoms with E-state index >= 15 is 0 Å². The van der Waals surface area contributed by atoms with Crippen LogP contribution in [0.25, 0.3) is 0 Å². The lowest BCUT2D eigenvalue weighted by Crippen LogP contribution is -2.31. The molecule has 0 atom stereocenters. The monoisotopic (exact) mass is 244 g/mol. The molecule has 6 heteroatoms. The van der Waals surface area contributed by atoms with Crippen molar-refractivity contribution in [2.24, 2.45) is 15.2 Å². The van der Waals surface area contributed by atoms with Crippen molar-refractivity contribution in [3.63, 3.8) is 0 Å². The summed E-state index contributed by atoms with van der Waals surface area (Å²) >= 11 is 0. The van der Waals surface area contributed by atoms with Gasteiger partial charge in [0.25, 0.3) is 0 Å². The average Bonchev–Trinajstić information content (AvgIpc) is 2.36. The Bertz CT molecular complexity index is 549. The quantitative estimate of drug-likeness (QED) is 0.887. The van der Waals surface area contributed by atoms with Gasteiger partial charge in [0, 0.05) is 0 Å². The molecule has 1 aliphatic heterocycles. The SMILES string of the molecule is C=C1N=NC(=O)NC1=Nc1ccccc1OCC. The fourth-order valence-electron chi connectivity index (χ4n) is 1.39. The van der Waals surface area contributed by atoms with Crippen LogP contribution in [0, 0.1) is 0 Å². The Morgan fingerprint density at radius 3 is 2.94 bits per heavy atom. The summed E-state index contributed by atoms with van der Waals surface area (Å²) in [4.78, 5) is 15.4. The molecule has 6 nitrogen and oxygen atoms in total. The number of nitrogens with zero attached hydrogens (tertiary/aromatic N) is 3. The Hall–Kier alpha value is -2.50. The van der Waals surface area contributed by atoms with Crippen LogP contribution in [-0.4, -0.2) is 18.5 Å². The minimum Gasteiger partial charge on any atom is -0.492 e. The molecule has 0 spiro atoms. The first-order valence-corrected chi connectivity index (χ1v) is 5.43. The summed E-state index contributed by atoms with van der Waals surface area (Å²) in [7, 11) is 0. The molecule has 0 bridgehead atoms. The van der Waals surface area contributed by atoms with Crippen LogP contribution in [0.2, 0.25) is 0 Å². The van der Waals surface area contributed by atoms with Gasteiger partial charge in [0.1, 0.15) is 17.1 Å². The van der Waals surface area contributed by atoms with E-state index in [2.05, 4.69) is 27.1 Å². The number of para-hydroxylation sites is 2. The molecular formula is C12H12N4O2. The first-order valence-electron chi connectivity index (χ1n) is 5.43. The molecule has 1 heterocycles. The van der Waals surface area contributed by atoms with Gasteiger partial charge in [0.15, 0.2) is 5.84 Å². The molecule has 0 aromatic heterocycles. The molecular weight excluding hydrogens is 232 g/mol. The first kappa shape index (κ1) is 12.0. The number of ether oxygens (including phenoxy) is 1. The summed E-state index contributed by atoms with van der Waals surface area (Å²) in [6, 6.07) is 6.70. The van der Waals surface area contributed by atoms with Crippen molar-refractivity contribution in [3.8, 4) is 5.75 Å². The van der Waals surface area contributed by atoms with E-state index < -0.39 is 6.03 Å². The van der Waals surface area contributed by atoms with Gasteiger partial charge in [0.05, 0.1) is 6.61 Å². The number of urea groups is 1. The Morgan fingerprint density at radius 1 is 1.39 bits per heavy atom. The maximum atomic E-state index is 11.1. The zero-order valence-corrected chi connectivity index (χ0v) is 9.88. The Balaban J connectivity index is 2.35. The molecule has 92 valence electrons. The summed E-state index contributed by atoms with van der Waals surface area (Å²) < 4.78 is 5.44. The summed E-state index contributed by atoms with van der Waals surface area (Å²) in [6.07, 6.45) is 0. The minimum atomic E-state index is -0.560. The maximum absolute atomic E-state index is 11.1. The maximum Gasteiger partial charge on any atom is 0.365 e. The van der Waals surface area contributed by atoms with E-state index in [4.69, 9.17) is 4.74 Å². The van der Waals surface area contributed by atoms with E-state index in [1.807, 2.05) is 19.1 Å². The Morgan fingerprint density at radius 2 is 2.17 bits per heavy atom. The third-order valence-electron chi connectivity index (χ3n) is 2.16. The third-order valence-corrected chi connectivity index (χ3v) is 2.16. The standard InChI is InChI=1S/C12H12N4O2/c1-3-18-10-7-5-4-6-9(10)13-11-8(2)15-16-12(17)14-11/h4-7H,2-3H2,1H3,(H,13,14,17). The fourth-order valence-corrected chi connectivity index (χ4v) is 1.39. The van der Waals surface area contributed by atoms with E-state index in [0.29, 0.717) is 23.7 Å². The molecule has 2 amide bonds. The highest BCUT2D eigenvalue weighted by atomic mass is 16.5. The zero-order chi connectivity index (χ0) is 13.0. The number of aliphatic imine (C=N–C) groups is 1. The summed E-state index contributed by atoms with van der Waals surface area (Å²) in [5.41, 5.74) is 0.911. The Labute approximate surface area is 104 Å². The van der Waals surface area contributed by atoms with Crippen molar-refractivity contribution in [1.29, 1.82) is 0 Å². The second kappa shape index (κ2) is 5.22. The van der Waals surface area contributed by atoms with Crippen LogP contribution in [0.1, 0.15) is 6.92 Å². The normalized spacial score (nSPS) is 16.8. The molecule has 0 aliphatic carbocycles. The van der Waals surface area contributed by atoms with Gasteiger partial charge >= 0.3 is 6.03 Å². The topological polar surface area (TPSA) is 75.4 Å². The minimum absolute atomic E-state index is 0.280. The number of rotatable bonds is 3. The lowest BCUT2D eigenvalue weighted by atomic mass is 10.3. The van der Waals surface area contributed by atoms with Crippen molar-refractivity contribution in [3.05, 3.63) is 36.5 Å². The van der Waals surface area contributed by atoms with Gasteiger partial charge in [-0.3, -0.25) is 5.32 Å². The van der Waals surface area contributed by atoms with Gasteiger partial charge in [0.2, 0.25) is 0 Å². The fraction of sp³-hybridized carbons (Fsp3) is 0.167. The zero-order valence-electron chi connectivity index (χ0n) is 9.88. The third kappa shape index (κ3) is 2.60. The van der Waals surface area contributed by atoms with Crippen LogP contribution < -0.4 is 10.1 Å². The van der Waals surface area contributed by atoms with E-state index in [1.54, 1.807) is 12.1 Å². The number of amides is 2. The van der Waals surface area contributed by atoms with Crippen molar-refractivity contribution < 1.29 is 9.53 Å². The smallest absolute Gasteiger partial charge is 0.365 e. The van der Waals surface area contributed by atoms with E-state index in [9.17, 15) is 4.79 Å². The van der Waals surface area contributed by atoms with Gasteiger partial charge in [-0.15, -0.1) is 5.11 Å². The van der Waals surface area contributed by atoms with Crippen molar-refractivity contribution in [1.82, 2.24) is 5.32 Å². The molecule has 1 aliphatic rings. The summed E-state index contributed by atoms with van der Waals surface area (Å²) in [5, 5.41) is 9.42. The van der Waals surface area contributed by atoms with Gasteiger partial charge in [-0.2, -0.15) is 0 Å². The largest absolute Gasteiger partial charge is 0.492 e. The van der Waals surface area contributed by atoms with E-state index in [0.717, 1.165) is 0 Å². The van der Waals surface area contributed by atoms with Crippen LogP contribution in [0.3, 0.4) is 0 Å². The molecule has 0 radical (unpaired) electrons. The van der Waals surface area contributed by atoms with Crippen molar-refractivity contribution >= 4 is 17.6 Å². The highest BCUT2D eigenvalue weighted by Gasteiger charge is 2.15.